The Morgan fingerprint density at radius 1 is 1.10 bits per heavy atom. The van der Waals surface area contributed by atoms with Crippen LogP contribution < -0.4 is 14.8 Å². The topological polar surface area (TPSA) is 54.3 Å². The number of methoxy groups -OCH3 is 2. The van der Waals surface area contributed by atoms with E-state index in [9.17, 15) is 0 Å². The van der Waals surface area contributed by atoms with Crippen molar-refractivity contribution in [2.45, 2.75) is 13.0 Å². The highest BCUT2D eigenvalue weighted by Gasteiger charge is 2.12. The monoisotopic (exact) mass is 282 g/mol. The Bertz CT molecular complexity index is 662. The molecule has 0 aliphatic carbocycles. The average Bonchev–Trinajstić information content (AvgIpc) is 2.54. The second-order valence-corrected chi connectivity index (χ2v) is 4.67. The quantitative estimate of drug-likeness (QED) is 0.907. The fraction of sp³-hybridized carbons (Fsp3) is 0.235. The van der Waals surface area contributed by atoms with E-state index in [1.165, 1.54) is 0 Å². The molecule has 0 bridgehead atoms. The molecule has 1 N–H and O–H groups in total. The largest absolute Gasteiger partial charge is 0.497 e. The lowest BCUT2D eigenvalue weighted by atomic mass is 10.1. The number of anilines is 1. The fourth-order valence-electron chi connectivity index (χ4n) is 2.18. The molecule has 1 unspecified atom stereocenters. The van der Waals surface area contributed by atoms with E-state index in [1.54, 1.807) is 20.3 Å². The van der Waals surface area contributed by atoms with Crippen LogP contribution in [0.1, 0.15) is 24.1 Å². The number of nitriles is 1. The zero-order chi connectivity index (χ0) is 15.2. The minimum absolute atomic E-state index is 0.0415. The van der Waals surface area contributed by atoms with Crippen molar-refractivity contribution >= 4 is 5.69 Å². The third kappa shape index (κ3) is 3.46. The van der Waals surface area contributed by atoms with E-state index >= 15 is 0 Å². The lowest BCUT2D eigenvalue weighted by Gasteiger charge is -2.19. The predicted molar refractivity (Wildman–Crippen MR) is 82.7 cm³/mol. The summed E-state index contributed by atoms with van der Waals surface area (Å²) in [5, 5.41) is 12.3. The van der Waals surface area contributed by atoms with Crippen LogP contribution in [0, 0.1) is 11.3 Å². The Morgan fingerprint density at radius 3 is 2.57 bits per heavy atom. The van der Waals surface area contributed by atoms with Crippen LogP contribution in [0.5, 0.6) is 11.5 Å². The van der Waals surface area contributed by atoms with Gasteiger partial charge in [-0.25, -0.2) is 0 Å². The summed E-state index contributed by atoms with van der Waals surface area (Å²) in [6, 6.07) is 15.3. The van der Waals surface area contributed by atoms with Gasteiger partial charge in [0.2, 0.25) is 0 Å². The van der Waals surface area contributed by atoms with E-state index < -0.39 is 0 Å². The molecule has 21 heavy (non-hydrogen) atoms. The van der Waals surface area contributed by atoms with Crippen LogP contribution in [0.4, 0.5) is 5.69 Å². The molecule has 0 amide bonds. The molecule has 0 aliphatic rings. The number of hydrogen-bond donors (Lipinski definition) is 1. The standard InChI is InChI=1S/C17H18N2O2/c1-12(19-14-6-4-5-13(9-14)11-18)16-8-7-15(20-2)10-17(16)21-3/h4-10,12,19H,1-3H3. The summed E-state index contributed by atoms with van der Waals surface area (Å²) in [7, 11) is 3.27. The summed E-state index contributed by atoms with van der Waals surface area (Å²) in [5.41, 5.74) is 2.56. The molecule has 0 aliphatic heterocycles. The van der Waals surface area contributed by atoms with Crippen LogP contribution >= 0.6 is 0 Å². The van der Waals surface area contributed by atoms with Crippen molar-refractivity contribution in [3.05, 3.63) is 53.6 Å². The number of ether oxygens (including phenoxy) is 2. The number of benzene rings is 2. The molecule has 0 heterocycles. The summed E-state index contributed by atoms with van der Waals surface area (Å²) in [5.74, 6) is 1.53. The van der Waals surface area contributed by atoms with Crippen molar-refractivity contribution in [1.82, 2.24) is 0 Å². The molecule has 2 rings (SSSR count). The molecular weight excluding hydrogens is 264 g/mol. The van der Waals surface area contributed by atoms with Crippen LogP contribution in [0.15, 0.2) is 42.5 Å². The van der Waals surface area contributed by atoms with Gasteiger partial charge in [-0.15, -0.1) is 0 Å². The first kappa shape index (κ1) is 14.7. The number of rotatable bonds is 5. The molecular formula is C17H18N2O2. The summed E-state index contributed by atoms with van der Waals surface area (Å²) >= 11 is 0. The average molecular weight is 282 g/mol. The van der Waals surface area contributed by atoms with Gasteiger partial charge in [-0.2, -0.15) is 5.26 Å². The highest BCUT2D eigenvalue weighted by atomic mass is 16.5. The van der Waals surface area contributed by atoms with E-state index in [4.69, 9.17) is 14.7 Å². The van der Waals surface area contributed by atoms with Crippen LogP contribution in [0.25, 0.3) is 0 Å². The van der Waals surface area contributed by atoms with Gasteiger partial charge in [-0.1, -0.05) is 6.07 Å². The van der Waals surface area contributed by atoms with Gasteiger partial charge in [0.25, 0.3) is 0 Å². The molecule has 2 aromatic rings. The van der Waals surface area contributed by atoms with E-state index in [1.807, 2.05) is 43.3 Å². The SMILES string of the molecule is COc1ccc(C(C)Nc2cccc(C#N)c2)c(OC)c1. The first-order valence-corrected chi connectivity index (χ1v) is 6.66. The Labute approximate surface area is 124 Å². The summed E-state index contributed by atoms with van der Waals surface area (Å²) in [6.07, 6.45) is 0. The Kier molecular flexibility index (Phi) is 4.68. The molecule has 4 heteroatoms. The first-order chi connectivity index (χ1) is 10.2. The van der Waals surface area contributed by atoms with Gasteiger partial charge in [0.05, 0.1) is 31.9 Å². The Balaban J connectivity index is 2.23. The van der Waals surface area contributed by atoms with Gasteiger partial charge < -0.3 is 14.8 Å². The van der Waals surface area contributed by atoms with Crippen molar-refractivity contribution in [1.29, 1.82) is 5.26 Å². The Morgan fingerprint density at radius 2 is 1.90 bits per heavy atom. The molecule has 0 spiro atoms. The fourth-order valence-corrected chi connectivity index (χ4v) is 2.18. The molecule has 4 nitrogen and oxygen atoms in total. The van der Waals surface area contributed by atoms with E-state index in [0.29, 0.717) is 5.56 Å². The summed E-state index contributed by atoms with van der Waals surface area (Å²) < 4.78 is 10.6. The molecule has 0 radical (unpaired) electrons. The van der Waals surface area contributed by atoms with Crippen molar-refractivity contribution in [3.8, 4) is 17.6 Å². The molecule has 0 aromatic heterocycles. The zero-order valence-electron chi connectivity index (χ0n) is 12.4. The molecule has 0 saturated heterocycles. The van der Waals surface area contributed by atoms with Crippen molar-refractivity contribution in [3.63, 3.8) is 0 Å². The van der Waals surface area contributed by atoms with Crippen LogP contribution in [-0.2, 0) is 0 Å². The minimum atomic E-state index is 0.0415. The smallest absolute Gasteiger partial charge is 0.127 e. The van der Waals surface area contributed by atoms with Crippen molar-refractivity contribution in [2.75, 3.05) is 19.5 Å². The summed E-state index contributed by atoms with van der Waals surface area (Å²) in [4.78, 5) is 0. The first-order valence-electron chi connectivity index (χ1n) is 6.66. The predicted octanol–water partition coefficient (Wildman–Crippen LogP) is 3.75. The minimum Gasteiger partial charge on any atom is -0.497 e. The molecule has 2 aromatic carbocycles. The lowest BCUT2D eigenvalue weighted by Crippen LogP contribution is -2.08. The molecule has 108 valence electrons. The van der Waals surface area contributed by atoms with Gasteiger partial charge in [-0.05, 0) is 37.3 Å². The second kappa shape index (κ2) is 6.67. The van der Waals surface area contributed by atoms with Crippen LogP contribution in [0.2, 0.25) is 0 Å². The number of nitrogens with zero attached hydrogens (tertiary/aromatic N) is 1. The van der Waals surface area contributed by atoms with Gasteiger partial charge in [0, 0.05) is 17.3 Å². The second-order valence-electron chi connectivity index (χ2n) is 4.67. The van der Waals surface area contributed by atoms with Gasteiger partial charge in [0.1, 0.15) is 11.5 Å². The molecule has 1 atom stereocenters. The third-order valence-electron chi connectivity index (χ3n) is 3.28. The summed E-state index contributed by atoms with van der Waals surface area (Å²) in [6.45, 7) is 2.05. The van der Waals surface area contributed by atoms with Gasteiger partial charge in [0.15, 0.2) is 0 Å². The third-order valence-corrected chi connectivity index (χ3v) is 3.28. The lowest BCUT2D eigenvalue weighted by molar-refractivity contribution is 0.390. The van der Waals surface area contributed by atoms with E-state index in [-0.39, 0.29) is 6.04 Å². The number of hydrogen-bond acceptors (Lipinski definition) is 4. The highest BCUT2D eigenvalue weighted by molar-refractivity contribution is 5.52. The van der Waals surface area contributed by atoms with Gasteiger partial charge in [-0.3, -0.25) is 0 Å². The van der Waals surface area contributed by atoms with Gasteiger partial charge >= 0.3 is 0 Å². The van der Waals surface area contributed by atoms with Crippen LogP contribution in [-0.4, -0.2) is 14.2 Å². The maximum absolute atomic E-state index is 8.94. The number of nitrogens with one attached hydrogen (secondary N) is 1. The maximum Gasteiger partial charge on any atom is 0.127 e. The zero-order valence-corrected chi connectivity index (χ0v) is 12.4. The molecule has 0 fully saturated rings. The van der Waals surface area contributed by atoms with Crippen LogP contribution in [0.3, 0.4) is 0 Å². The normalized spacial score (nSPS) is 11.3. The van der Waals surface area contributed by atoms with E-state index in [2.05, 4.69) is 11.4 Å². The molecule has 0 saturated carbocycles. The van der Waals surface area contributed by atoms with Crippen molar-refractivity contribution in [2.24, 2.45) is 0 Å². The Hall–Kier alpha value is -2.67. The van der Waals surface area contributed by atoms with E-state index in [0.717, 1.165) is 22.7 Å². The highest BCUT2D eigenvalue weighted by Crippen LogP contribution is 2.31. The van der Waals surface area contributed by atoms with Crippen molar-refractivity contribution < 1.29 is 9.47 Å². The maximum atomic E-state index is 8.94.